The van der Waals surface area contributed by atoms with Gasteiger partial charge in [-0.15, -0.1) is 5.73 Å². The van der Waals surface area contributed by atoms with E-state index >= 15 is 0 Å². The topological polar surface area (TPSA) is 63.8 Å². The van der Waals surface area contributed by atoms with Gasteiger partial charge in [-0.2, -0.15) is 4.58 Å². The van der Waals surface area contributed by atoms with Gasteiger partial charge in [-0.05, 0) is 83.1 Å². The summed E-state index contributed by atoms with van der Waals surface area (Å²) in [6.07, 6.45) is 12.3. The van der Waals surface area contributed by atoms with Crippen LogP contribution < -0.4 is 4.90 Å². The second kappa shape index (κ2) is 13.3. The maximum absolute atomic E-state index is 11.0. The van der Waals surface area contributed by atoms with Crippen molar-refractivity contribution in [3.63, 3.8) is 0 Å². The van der Waals surface area contributed by atoms with Crippen molar-refractivity contribution in [3.8, 4) is 0 Å². The number of carboxylic acids is 1. The lowest BCUT2D eigenvalue weighted by molar-refractivity contribution is -0.441. The second-order valence-corrected chi connectivity index (χ2v) is 13.7. The number of carbonyl (C=O) groups is 1. The van der Waals surface area contributed by atoms with E-state index in [-0.39, 0.29) is 29.8 Å². The molecule has 5 nitrogen and oxygen atoms in total. The van der Waals surface area contributed by atoms with Crippen LogP contribution in [0.3, 0.4) is 0 Å². The molecule has 6 heteroatoms. The Morgan fingerprint density at radius 3 is 2.50 bits per heavy atom. The average Bonchev–Trinajstić information content (AvgIpc) is 3.34. The van der Waals surface area contributed by atoms with Gasteiger partial charge in [0.05, 0.1) is 11.1 Å². The van der Waals surface area contributed by atoms with Gasteiger partial charge in [0.25, 0.3) is 0 Å². The zero-order valence-electron chi connectivity index (χ0n) is 26.6. The number of anilines is 1. The Hall–Kier alpha value is -3.37. The number of para-hydroxylation sites is 2. The fourth-order valence-corrected chi connectivity index (χ4v) is 7.52. The molecule has 2 aromatic rings. The quantitative estimate of drug-likeness (QED) is 0.152. The second-order valence-electron chi connectivity index (χ2n) is 13.3. The number of carboxylic acid groups (broad SMARTS) is 1. The molecule has 0 aromatic heterocycles. The Bertz CT molecular complexity index is 1570. The highest BCUT2D eigenvalue weighted by Crippen LogP contribution is 2.47. The number of aliphatic hydroxyl groups excluding tert-OH is 1. The molecule has 2 aliphatic heterocycles. The molecule has 0 saturated carbocycles. The molecule has 0 bridgehead atoms. The number of unbranched alkanes of at least 4 members (excludes halogenated alkanes) is 2. The highest BCUT2D eigenvalue weighted by atomic mass is 35.5. The Morgan fingerprint density at radius 1 is 1.02 bits per heavy atom. The Morgan fingerprint density at radius 2 is 1.75 bits per heavy atom. The summed E-state index contributed by atoms with van der Waals surface area (Å²) in [6.45, 7) is 10.5. The van der Waals surface area contributed by atoms with Gasteiger partial charge >= 0.3 is 5.97 Å². The van der Waals surface area contributed by atoms with E-state index in [0.717, 1.165) is 55.1 Å². The van der Waals surface area contributed by atoms with Gasteiger partial charge in [0.15, 0.2) is 12.3 Å². The van der Waals surface area contributed by atoms with Crippen molar-refractivity contribution in [1.82, 2.24) is 0 Å². The van der Waals surface area contributed by atoms with Crippen molar-refractivity contribution in [2.75, 3.05) is 24.6 Å². The number of β-amino-alcohol motifs (C(OH)–C–C–N with tert-alkyl or cyclic N) is 1. The van der Waals surface area contributed by atoms with E-state index in [1.807, 2.05) is 0 Å². The fraction of sp³-hybridized carbons (Fsp3) is 0.447. The lowest BCUT2D eigenvalue weighted by Crippen LogP contribution is -2.28. The summed E-state index contributed by atoms with van der Waals surface area (Å²) in [5, 5.41) is 19.7. The smallest absolute Gasteiger partial charge is 0.303 e. The summed E-state index contributed by atoms with van der Waals surface area (Å²) >= 11 is 7.14. The monoisotopic (exact) mass is 613 g/mol. The average molecular weight is 614 g/mol. The van der Waals surface area contributed by atoms with Gasteiger partial charge in [-0.3, -0.25) is 4.79 Å². The number of aliphatic carboxylic acids is 1. The molecule has 1 aliphatic carbocycles. The molecule has 1 atom stereocenters. The molecule has 3 aliphatic rings. The fourth-order valence-electron chi connectivity index (χ4n) is 7.19. The van der Waals surface area contributed by atoms with Crippen LogP contribution in [0.4, 0.5) is 11.4 Å². The van der Waals surface area contributed by atoms with Gasteiger partial charge in [0, 0.05) is 52.7 Å². The number of aliphatic hydroxyl groups is 1. The minimum Gasteiger partial charge on any atom is -0.481 e. The summed E-state index contributed by atoms with van der Waals surface area (Å²) in [5.74, 6) is -0.632. The molecule has 0 saturated heterocycles. The summed E-state index contributed by atoms with van der Waals surface area (Å²) < 4.78 is 2.24. The van der Waals surface area contributed by atoms with E-state index in [1.54, 1.807) is 0 Å². The van der Waals surface area contributed by atoms with Gasteiger partial charge < -0.3 is 15.1 Å². The first-order valence-electron chi connectivity index (χ1n) is 16.1. The molecule has 5 rings (SSSR count). The lowest BCUT2D eigenvalue weighted by atomic mass is 9.81. The molecule has 0 fully saturated rings. The van der Waals surface area contributed by atoms with Crippen LogP contribution in [0.5, 0.6) is 0 Å². The predicted octanol–water partition coefficient (Wildman–Crippen LogP) is 8.39. The van der Waals surface area contributed by atoms with Crippen LogP contribution in [0.15, 0.2) is 88.8 Å². The molecule has 1 unspecified atom stereocenters. The third kappa shape index (κ3) is 6.24. The third-order valence-corrected chi connectivity index (χ3v) is 10.1. The molecule has 0 amide bonds. The first kappa shape index (κ1) is 32.0. The number of hydrogen-bond acceptors (Lipinski definition) is 3. The zero-order chi connectivity index (χ0) is 31.5. The molecule has 2 N–H and O–H groups in total. The van der Waals surface area contributed by atoms with Crippen molar-refractivity contribution in [1.29, 1.82) is 0 Å². The molecule has 0 spiro atoms. The van der Waals surface area contributed by atoms with E-state index < -0.39 is 5.97 Å². The van der Waals surface area contributed by atoms with Crippen LogP contribution in [-0.2, 0) is 15.6 Å². The SMILES string of the molecule is CC1(C)C(=C=CC2CCCC(/C=C/C3=[N+](CCO)c4ccccc4C3(C)C)=C2Cl)N(CCCCCC(=O)O)c2ccccc21. The number of rotatable bonds is 11. The number of halogens is 1. The summed E-state index contributed by atoms with van der Waals surface area (Å²) in [6, 6.07) is 17.0. The van der Waals surface area contributed by atoms with E-state index in [0.29, 0.717) is 13.0 Å². The third-order valence-electron chi connectivity index (χ3n) is 9.58. The van der Waals surface area contributed by atoms with Crippen molar-refractivity contribution in [3.05, 3.63) is 99.9 Å². The number of hydrogen-bond donors (Lipinski definition) is 2. The highest BCUT2D eigenvalue weighted by molar-refractivity contribution is 6.30. The first-order valence-corrected chi connectivity index (χ1v) is 16.4. The molecule has 2 heterocycles. The summed E-state index contributed by atoms with van der Waals surface area (Å²) in [7, 11) is 0. The van der Waals surface area contributed by atoms with Crippen LogP contribution in [0.1, 0.15) is 83.8 Å². The maximum Gasteiger partial charge on any atom is 0.303 e. The Labute approximate surface area is 267 Å². The number of fused-ring (bicyclic) bond motifs is 2. The molecular formula is C38H46ClN2O3+. The molecule has 44 heavy (non-hydrogen) atoms. The standard InChI is InChI=1S/C38H45ClN2O3/c1-37(2)29-15-7-9-17-31(29)40(24-11-5-6-19-35(43)44)33(37)22-20-27-13-12-14-28(36(27)39)21-23-34-38(3,4)30-16-8-10-18-32(30)41(34)25-26-42/h7-10,15-18,20-21,23,27,42H,5-6,11-14,19,24-26H2,1-4H3/p+1/b23-21+. The molecule has 0 radical (unpaired) electrons. The molecular weight excluding hydrogens is 568 g/mol. The van der Waals surface area contributed by atoms with Crippen LogP contribution in [0.25, 0.3) is 0 Å². The van der Waals surface area contributed by atoms with Crippen molar-refractivity contribution < 1.29 is 19.6 Å². The number of nitrogens with zero attached hydrogens (tertiary/aromatic N) is 2. The molecule has 2 aromatic carbocycles. The minimum absolute atomic E-state index is 0.0896. The van der Waals surface area contributed by atoms with Crippen molar-refractivity contribution >= 4 is 34.7 Å². The minimum atomic E-state index is -0.731. The summed E-state index contributed by atoms with van der Waals surface area (Å²) in [4.78, 5) is 13.3. The van der Waals surface area contributed by atoms with Crippen molar-refractivity contribution in [2.45, 2.75) is 83.5 Å². The van der Waals surface area contributed by atoms with Gasteiger partial charge in [-0.1, -0.05) is 60.5 Å². The predicted molar refractivity (Wildman–Crippen MR) is 180 cm³/mol. The number of allylic oxidation sites excluding steroid dienone is 5. The van der Waals surface area contributed by atoms with Crippen LogP contribution in [0, 0.1) is 5.92 Å². The summed E-state index contributed by atoms with van der Waals surface area (Å²) in [5.41, 5.74) is 11.8. The van der Waals surface area contributed by atoms with Crippen LogP contribution in [-0.4, -0.2) is 46.2 Å². The van der Waals surface area contributed by atoms with E-state index in [1.165, 1.54) is 28.1 Å². The van der Waals surface area contributed by atoms with Crippen LogP contribution in [0.2, 0.25) is 0 Å². The van der Waals surface area contributed by atoms with E-state index in [4.69, 9.17) is 16.7 Å². The Kier molecular flexibility index (Phi) is 9.70. The first-order chi connectivity index (χ1) is 21.1. The maximum atomic E-state index is 11.0. The van der Waals surface area contributed by atoms with Crippen LogP contribution >= 0.6 is 11.6 Å². The zero-order valence-corrected chi connectivity index (χ0v) is 27.3. The lowest BCUT2D eigenvalue weighted by Gasteiger charge is -2.26. The Balaban J connectivity index is 1.43. The normalized spacial score (nSPS) is 20.3. The van der Waals surface area contributed by atoms with Gasteiger partial charge in [0.2, 0.25) is 5.69 Å². The molecule has 232 valence electrons. The van der Waals surface area contributed by atoms with E-state index in [9.17, 15) is 9.90 Å². The van der Waals surface area contributed by atoms with Gasteiger partial charge in [-0.25, -0.2) is 0 Å². The number of benzene rings is 2. The highest BCUT2D eigenvalue weighted by Gasteiger charge is 2.44. The van der Waals surface area contributed by atoms with Gasteiger partial charge in [0.1, 0.15) is 6.61 Å². The van der Waals surface area contributed by atoms with Crippen molar-refractivity contribution in [2.24, 2.45) is 5.92 Å². The largest absolute Gasteiger partial charge is 0.481 e. The van der Waals surface area contributed by atoms with E-state index in [2.05, 4.69) is 110 Å².